The molecule has 0 unspecified atom stereocenters. The summed E-state index contributed by atoms with van der Waals surface area (Å²) in [6.07, 6.45) is 2.35. The summed E-state index contributed by atoms with van der Waals surface area (Å²) in [6, 6.07) is 0.487. The second-order valence-corrected chi connectivity index (χ2v) is 11.9. The van der Waals surface area contributed by atoms with Gasteiger partial charge in [0.15, 0.2) is 5.78 Å². The van der Waals surface area contributed by atoms with Gasteiger partial charge in [0.2, 0.25) is 0 Å². The molecule has 0 aliphatic rings. The van der Waals surface area contributed by atoms with Gasteiger partial charge in [-0.2, -0.15) is 0 Å². The number of rotatable bonds is 14. The largest absolute Gasteiger partial charge is 0.375 e. The van der Waals surface area contributed by atoms with Gasteiger partial charge in [-0.15, -0.1) is 0 Å². The normalized spacial score (nSPS) is 14.6. The monoisotopic (exact) mass is 414 g/mol. The molecule has 0 aliphatic heterocycles. The number of ether oxygens (including phenoxy) is 2. The molecular weight excluding hydrogens is 364 g/mol. The van der Waals surface area contributed by atoms with E-state index in [4.69, 9.17) is 15.2 Å². The average Bonchev–Trinajstić information content (AvgIpc) is 2.41. The van der Waals surface area contributed by atoms with Crippen molar-refractivity contribution < 1.29 is 14.3 Å². The van der Waals surface area contributed by atoms with Crippen LogP contribution in [0.4, 0.5) is 0 Å². The van der Waals surface area contributed by atoms with E-state index in [2.05, 4.69) is 60.7 Å². The molecule has 0 heterocycles. The van der Waals surface area contributed by atoms with Gasteiger partial charge < -0.3 is 20.5 Å². The highest BCUT2D eigenvalue weighted by molar-refractivity contribution is 5.92. The van der Waals surface area contributed by atoms with Crippen LogP contribution in [0.25, 0.3) is 0 Å². The first-order valence-corrected chi connectivity index (χ1v) is 11.1. The summed E-state index contributed by atoms with van der Waals surface area (Å²) in [5, 5.41) is 3.44. The molecule has 0 aromatic carbocycles. The van der Waals surface area contributed by atoms with Crippen molar-refractivity contribution in [1.82, 2.24) is 5.32 Å². The van der Waals surface area contributed by atoms with Crippen molar-refractivity contribution >= 4 is 5.78 Å². The summed E-state index contributed by atoms with van der Waals surface area (Å²) in [7, 11) is 0. The first kappa shape index (κ1) is 28.5. The van der Waals surface area contributed by atoms with E-state index in [1.165, 1.54) is 0 Å². The van der Waals surface area contributed by atoms with Crippen LogP contribution in [0, 0.1) is 5.41 Å². The predicted molar refractivity (Wildman–Crippen MR) is 123 cm³/mol. The molecule has 0 aromatic heterocycles. The second-order valence-electron chi connectivity index (χ2n) is 11.9. The molecule has 0 atom stereocenters. The van der Waals surface area contributed by atoms with Gasteiger partial charge in [0, 0.05) is 11.5 Å². The molecule has 0 saturated heterocycles. The highest BCUT2D eigenvalue weighted by atomic mass is 16.5. The van der Waals surface area contributed by atoms with Crippen LogP contribution in [0.15, 0.2) is 0 Å². The topological polar surface area (TPSA) is 73.6 Å². The molecule has 174 valence electrons. The van der Waals surface area contributed by atoms with E-state index in [1.54, 1.807) is 13.8 Å². The van der Waals surface area contributed by atoms with Crippen molar-refractivity contribution in [2.45, 2.75) is 131 Å². The zero-order valence-corrected chi connectivity index (χ0v) is 21.4. The van der Waals surface area contributed by atoms with Crippen molar-refractivity contribution in [3.8, 4) is 0 Å². The quantitative estimate of drug-likeness (QED) is 0.425. The highest BCUT2D eigenvalue weighted by Crippen LogP contribution is 2.36. The maximum atomic E-state index is 12.7. The van der Waals surface area contributed by atoms with Crippen molar-refractivity contribution in [2.75, 3.05) is 13.2 Å². The zero-order chi connectivity index (χ0) is 23.3. The van der Waals surface area contributed by atoms with Crippen molar-refractivity contribution in [2.24, 2.45) is 11.1 Å². The zero-order valence-electron chi connectivity index (χ0n) is 21.4. The molecule has 0 spiro atoms. The molecule has 29 heavy (non-hydrogen) atoms. The number of hydrogen-bond donors (Lipinski definition) is 2. The number of nitrogens with one attached hydrogen (secondary N) is 1. The smallest absolute Gasteiger partial charge is 0.157 e. The van der Waals surface area contributed by atoms with Crippen LogP contribution in [0.3, 0.4) is 0 Å². The van der Waals surface area contributed by atoms with Crippen LogP contribution in [0.2, 0.25) is 0 Å². The molecule has 3 N–H and O–H groups in total. The Labute approximate surface area is 180 Å². The van der Waals surface area contributed by atoms with Gasteiger partial charge in [-0.25, -0.2) is 0 Å². The van der Waals surface area contributed by atoms with Gasteiger partial charge in [0.25, 0.3) is 0 Å². The lowest BCUT2D eigenvalue weighted by atomic mass is 9.72. The fraction of sp³-hybridized carbons (Fsp3) is 0.958. The lowest BCUT2D eigenvalue weighted by Crippen LogP contribution is -2.51. The molecule has 0 radical (unpaired) electrons. The predicted octanol–water partition coefficient (Wildman–Crippen LogP) is 4.86. The van der Waals surface area contributed by atoms with E-state index in [9.17, 15) is 4.79 Å². The summed E-state index contributed by atoms with van der Waals surface area (Å²) < 4.78 is 12.6. The fourth-order valence-electron chi connectivity index (χ4n) is 4.16. The maximum Gasteiger partial charge on any atom is 0.157 e. The van der Waals surface area contributed by atoms with Gasteiger partial charge in [0.05, 0.1) is 28.9 Å². The minimum Gasteiger partial charge on any atom is -0.375 e. The Morgan fingerprint density at radius 1 is 0.862 bits per heavy atom. The van der Waals surface area contributed by atoms with E-state index in [0.717, 1.165) is 19.4 Å². The van der Waals surface area contributed by atoms with Gasteiger partial charge >= 0.3 is 0 Å². The Balaban J connectivity index is 4.73. The summed E-state index contributed by atoms with van der Waals surface area (Å²) >= 11 is 0. The summed E-state index contributed by atoms with van der Waals surface area (Å²) in [5.41, 5.74) is 3.67. The SMILES string of the molecule is CC(C)NCCC(C)(C)OCCC(C)(C)OC(C)(C)CC(C)(C)C(=O)C(C)(C)N. The van der Waals surface area contributed by atoms with Crippen LogP contribution in [0.1, 0.15) is 102 Å². The Morgan fingerprint density at radius 2 is 1.38 bits per heavy atom. The molecule has 0 amide bonds. The number of nitrogens with two attached hydrogens (primary N) is 1. The molecule has 0 fully saturated rings. The minimum atomic E-state index is -0.848. The van der Waals surface area contributed by atoms with Crippen LogP contribution >= 0.6 is 0 Å². The fourth-order valence-corrected chi connectivity index (χ4v) is 4.16. The Morgan fingerprint density at radius 3 is 1.83 bits per heavy atom. The Kier molecular flexibility index (Phi) is 10.0. The standard InChI is InChI=1S/C24H50N2O3/c1-18(2)26-15-13-21(5,6)28-16-14-22(7,8)29-23(9,10)17-20(3,4)19(27)24(11,12)25/h18,26H,13-17,25H2,1-12H3. The molecule has 0 aliphatic carbocycles. The first-order chi connectivity index (χ1) is 12.7. The second kappa shape index (κ2) is 10.2. The molecule has 5 heteroatoms. The average molecular weight is 415 g/mol. The van der Waals surface area contributed by atoms with E-state index >= 15 is 0 Å². The number of ketones is 1. The summed E-state index contributed by atoms with van der Waals surface area (Å²) in [5.74, 6) is 0.0552. The van der Waals surface area contributed by atoms with Crippen molar-refractivity contribution in [1.29, 1.82) is 0 Å². The van der Waals surface area contributed by atoms with Crippen molar-refractivity contribution in [3.63, 3.8) is 0 Å². The Bertz CT molecular complexity index is 515. The van der Waals surface area contributed by atoms with Gasteiger partial charge in [-0.3, -0.25) is 4.79 Å². The number of hydrogen-bond acceptors (Lipinski definition) is 5. The van der Waals surface area contributed by atoms with Gasteiger partial charge in [-0.05, 0) is 81.2 Å². The van der Waals surface area contributed by atoms with E-state index < -0.39 is 16.6 Å². The van der Waals surface area contributed by atoms with Crippen molar-refractivity contribution in [3.05, 3.63) is 0 Å². The minimum absolute atomic E-state index is 0.0552. The lowest BCUT2D eigenvalue weighted by molar-refractivity contribution is -0.160. The van der Waals surface area contributed by atoms with E-state index in [1.807, 2.05) is 13.8 Å². The van der Waals surface area contributed by atoms with Crippen LogP contribution in [-0.2, 0) is 14.3 Å². The number of Topliss-reactive ketones (excluding diaryl/α,β-unsaturated/α-hetero) is 1. The molecule has 0 saturated carbocycles. The molecular formula is C24H50N2O3. The third-order valence-corrected chi connectivity index (χ3v) is 5.10. The highest BCUT2D eigenvalue weighted by Gasteiger charge is 2.42. The number of carbonyl (C=O) groups excluding carboxylic acids is 1. The van der Waals surface area contributed by atoms with Crippen LogP contribution < -0.4 is 11.1 Å². The summed E-state index contributed by atoms with van der Waals surface area (Å²) in [4.78, 5) is 12.7. The van der Waals surface area contributed by atoms with Crippen LogP contribution in [0.5, 0.6) is 0 Å². The van der Waals surface area contributed by atoms with E-state index in [-0.39, 0.29) is 17.0 Å². The molecule has 0 aromatic rings. The third-order valence-electron chi connectivity index (χ3n) is 5.10. The maximum absolute atomic E-state index is 12.7. The van der Waals surface area contributed by atoms with Crippen LogP contribution in [-0.4, -0.2) is 47.3 Å². The van der Waals surface area contributed by atoms with Gasteiger partial charge in [-0.1, -0.05) is 27.7 Å². The lowest BCUT2D eigenvalue weighted by Gasteiger charge is -2.42. The third kappa shape index (κ3) is 12.1. The van der Waals surface area contributed by atoms with E-state index in [0.29, 0.717) is 19.1 Å². The molecule has 0 bridgehead atoms. The first-order valence-electron chi connectivity index (χ1n) is 11.1. The summed E-state index contributed by atoms with van der Waals surface area (Å²) in [6.45, 7) is 25.9. The Hall–Kier alpha value is -0.490. The number of carbonyl (C=O) groups is 1. The molecule has 5 nitrogen and oxygen atoms in total. The molecule has 0 rings (SSSR count). The van der Waals surface area contributed by atoms with Gasteiger partial charge in [0.1, 0.15) is 0 Å².